The molecule has 0 amide bonds. The van der Waals surface area contributed by atoms with Gasteiger partial charge in [-0.15, -0.1) is 0 Å². The zero-order valence-corrected chi connectivity index (χ0v) is 11.5. The van der Waals surface area contributed by atoms with Gasteiger partial charge < -0.3 is 9.73 Å². The van der Waals surface area contributed by atoms with Crippen molar-refractivity contribution in [2.45, 2.75) is 13.8 Å². The van der Waals surface area contributed by atoms with Crippen molar-refractivity contribution in [3.63, 3.8) is 0 Å². The van der Waals surface area contributed by atoms with E-state index in [9.17, 15) is 0 Å². The van der Waals surface area contributed by atoms with Crippen molar-refractivity contribution in [3.05, 3.63) is 48.5 Å². The average molecular weight is 256 g/mol. The second kappa shape index (κ2) is 6.90. The maximum Gasteiger partial charge on any atom is 0.136 e. The summed E-state index contributed by atoms with van der Waals surface area (Å²) in [5.74, 6) is 2.39. The number of furan rings is 1. The van der Waals surface area contributed by atoms with Crippen LogP contribution in [0.25, 0.3) is 17.4 Å². The van der Waals surface area contributed by atoms with E-state index in [2.05, 4.69) is 30.2 Å². The minimum atomic E-state index is 0.675. The number of hydrogen-bond donors (Lipinski definition) is 1. The Balaban J connectivity index is 1.89. The standard InChI is InChI=1S/C16H20N2O/c1-13(2)11-17-10-4-6-15-7-8-16(19-15)14-5-3-9-18-12-14/h3-9,12-13,17H,10-11H2,1-2H3. The Morgan fingerprint density at radius 2 is 2.21 bits per heavy atom. The van der Waals surface area contributed by atoms with Crippen molar-refractivity contribution in [1.82, 2.24) is 10.3 Å². The SMILES string of the molecule is CC(C)CNCC=Cc1ccc(-c2cccnc2)o1. The zero-order chi connectivity index (χ0) is 13.5. The molecule has 0 saturated heterocycles. The van der Waals surface area contributed by atoms with E-state index in [1.165, 1.54) is 0 Å². The normalized spacial score (nSPS) is 11.5. The molecular weight excluding hydrogens is 236 g/mol. The smallest absolute Gasteiger partial charge is 0.136 e. The van der Waals surface area contributed by atoms with E-state index in [-0.39, 0.29) is 0 Å². The summed E-state index contributed by atoms with van der Waals surface area (Å²) in [6, 6.07) is 7.84. The van der Waals surface area contributed by atoms with Crippen molar-refractivity contribution in [2.75, 3.05) is 13.1 Å². The average Bonchev–Trinajstić information content (AvgIpc) is 2.88. The van der Waals surface area contributed by atoms with Crippen LogP contribution in [-0.4, -0.2) is 18.1 Å². The number of hydrogen-bond acceptors (Lipinski definition) is 3. The summed E-state index contributed by atoms with van der Waals surface area (Å²) in [6.07, 6.45) is 7.63. The summed E-state index contributed by atoms with van der Waals surface area (Å²) in [5, 5.41) is 3.36. The number of aromatic nitrogens is 1. The molecule has 2 aromatic rings. The summed E-state index contributed by atoms with van der Waals surface area (Å²) >= 11 is 0. The lowest BCUT2D eigenvalue weighted by Gasteiger charge is -2.03. The van der Waals surface area contributed by atoms with Gasteiger partial charge in [-0.3, -0.25) is 4.98 Å². The van der Waals surface area contributed by atoms with Gasteiger partial charge in [-0.05, 0) is 42.8 Å². The Bertz CT molecular complexity index is 515. The molecule has 0 unspecified atom stereocenters. The van der Waals surface area contributed by atoms with Gasteiger partial charge in [-0.25, -0.2) is 0 Å². The van der Waals surface area contributed by atoms with E-state index in [1.807, 2.05) is 30.3 Å². The highest BCUT2D eigenvalue weighted by Crippen LogP contribution is 2.21. The van der Waals surface area contributed by atoms with Crippen molar-refractivity contribution in [2.24, 2.45) is 5.92 Å². The first-order chi connectivity index (χ1) is 9.25. The van der Waals surface area contributed by atoms with Crippen LogP contribution in [0.1, 0.15) is 19.6 Å². The van der Waals surface area contributed by atoms with Crippen LogP contribution in [0.2, 0.25) is 0 Å². The number of nitrogens with zero attached hydrogens (tertiary/aromatic N) is 1. The molecular formula is C16H20N2O. The molecule has 2 rings (SSSR count). The van der Waals surface area contributed by atoms with Gasteiger partial charge in [0.15, 0.2) is 0 Å². The monoisotopic (exact) mass is 256 g/mol. The highest BCUT2D eigenvalue weighted by Gasteiger charge is 2.01. The topological polar surface area (TPSA) is 38.1 Å². The van der Waals surface area contributed by atoms with E-state index in [0.717, 1.165) is 30.2 Å². The fourth-order valence-corrected chi connectivity index (χ4v) is 1.74. The van der Waals surface area contributed by atoms with Crippen molar-refractivity contribution in [1.29, 1.82) is 0 Å². The van der Waals surface area contributed by atoms with Crippen molar-refractivity contribution >= 4 is 6.08 Å². The predicted molar refractivity (Wildman–Crippen MR) is 78.7 cm³/mol. The lowest BCUT2D eigenvalue weighted by Crippen LogP contribution is -2.19. The highest BCUT2D eigenvalue weighted by atomic mass is 16.3. The first kappa shape index (κ1) is 13.6. The van der Waals surface area contributed by atoms with Gasteiger partial charge in [-0.1, -0.05) is 19.9 Å². The van der Waals surface area contributed by atoms with E-state index in [0.29, 0.717) is 5.92 Å². The molecule has 1 N–H and O–H groups in total. The maximum absolute atomic E-state index is 5.74. The molecule has 3 nitrogen and oxygen atoms in total. The molecule has 0 spiro atoms. The van der Waals surface area contributed by atoms with Gasteiger partial charge in [0.25, 0.3) is 0 Å². The lowest BCUT2D eigenvalue weighted by atomic mass is 10.2. The van der Waals surface area contributed by atoms with Crippen LogP contribution >= 0.6 is 0 Å². The van der Waals surface area contributed by atoms with Gasteiger partial charge >= 0.3 is 0 Å². The van der Waals surface area contributed by atoms with Crippen LogP contribution in [0, 0.1) is 5.92 Å². The van der Waals surface area contributed by atoms with E-state index in [4.69, 9.17) is 4.42 Å². The molecule has 0 aliphatic rings. The van der Waals surface area contributed by atoms with Crippen molar-refractivity contribution in [3.8, 4) is 11.3 Å². The van der Waals surface area contributed by atoms with Crippen LogP contribution in [0.4, 0.5) is 0 Å². The summed E-state index contributed by atoms with van der Waals surface area (Å²) in [4.78, 5) is 4.09. The molecule has 0 fully saturated rings. The molecule has 0 saturated carbocycles. The Morgan fingerprint density at radius 3 is 2.95 bits per heavy atom. The molecule has 2 heterocycles. The number of nitrogens with one attached hydrogen (secondary N) is 1. The number of pyridine rings is 1. The fraction of sp³-hybridized carbons (Fsp3) is 0.312. The van der Waals surface area contributed by atoms with Gasteiger partial charge in [0, 0.05) is 24.5 Å². The molecule has 0 atom stereocenters. The Hall–Kier alpha value is -1.87. The molecule has 2 aromatic heterocycles. The van der Waals surface area contributed by atoms with Crippen molar-refractivity contribution < 1.29 is 4.42 Å². The third-order valence-corrected chi connectivity index (χ3v) is 2.67. The van der Waals surface area contributed by atoms with Crippen LogP contribution in [0.3, 0.4) is 0 Å². The Morgan fingerprint density at radius 1 is 1.32 bits per heavy atom. The third kappa shape index (κ3) is 4.38. The largest absolute Gasteiger partial charge is 0.457 e. The molecule has 0 aromatic carbocycles. The number of rotatable bonds is 6. The van der Waals surface area contributed by atoms with Gasteiger partial charge in [0.05, 0.1) is 0 Å². The van der Waals surface area contributed by atoms with Gasteiger partial charge in [-0.2, -0.15) is 0 Å². The molecule has 0 aliphatic heterocycles. The molecule has 0 radical (unpaired) electrons. The highest BCUT2D eigenvalue weighted by molar-refractivity contribution is 5.58. The Labute approximate surface area is 114 Å². The lowest BCUT2D eigenvalue weighted by molar-refractivity contribution is 0.569. The second-order valence-corrected chi connectivity index (χ2v) is 4.90. The Kier molecular flexibility index (Phi) is 4.93. The van der Waals surface area contributed by atoms with Crippen LogP contribution in [-0.2, 0) is 0 Å². The van der Waals surface area contributed by atoms with E-state index < -0.39 is 0 Å². The maximum atomic E-state index is 5.74. The predicted octanol–water partition coefficient (Wildman–Crippen LogP) is 3.60. The minimum absolute atomic E-state index is 0.675. The van der Waals surface area contributed by atoms with Gasteiger partial charge in [0.1, 0.15) is 11.5 Å². The third-order valence-electron chi connectivity index (χ3n) is 2.67. The molecule has 0 aliphatic carbocycles. The first-order valence-corrected chi connectivity index (χ1v) is 6.63. The fourth-order valence-electron chi connectivity index (χ4n) is 1.74. The molecule has 3 heteroatoms. The van der Waals surface area contributed by atoms with E-state index in [1.54, 1.807) is 12.4 Å². The van der Waals surface area contributed by atoms with Crippen LogP contribution < -0.4 is 5.32 Å². The second-order valence-electron chi connectivity index (χ2n) is 4.90. The van der Waals surface area contributed by atoms with Crippen LogP contribution in [0.15, 0.2) is 47.2 Å². The van der Waals surface area contributed by atoms with Gasteiger partial charge in [0.2, 0.25) is 0 Å². The summed E-state index contributed by atoms with van der Waals surface area (Å²) in [7, 11) is 0. The molecule has 19 heavy (non-hydrogen) atoms. The van der Waals surface area contributed by atoms with Crippen LogP contribution in [0.5, 0.6) is 0 Å². The molecule has 0 bridgehead atoms. The zero-order valence-electron chi connectivity index (χ0n) is 11.5. The van der Waals surface area contributed by atoms with E-state index >= 15 is 0 Å². The minimum Gasteiger partial charge on any atom is -0.457 e. The first-order valence-electron chi connectivity index (χ1n) is 6.63. The summed E-state index contributed by atoms with van der Waals surface area (Å²) in [5.41, 5.74) is 1.00. The summed E-state index contributed by atoms with van der Waals surface area (Å²) < 4.78 is 5.74. The molecule has 100 valence electrons. The quantitative estimate of drug-likeness (QED) is 0.802. The summed E-state index contributed by atoms with van der Waals surface area (Å²) in [6.45, 7) is 6.29.